The molecular weight excluding hydrogens is 390 g/mol. The van der Waals surface area contributed by atoms with Crippen LogP contribution in [-0.2, 0) is 30.7 Å². The van der Waals surface area contributed by atoms with Crippen molar-refractivity contribution in [3.63, 3.8) is 0 Å². The molecule has 1 aromatic heterocycles. The number of aliphatic hydroxyl groups is 1. The number of methoxy groups -OCH3 is 1. The molecule has 0 saturated carbocycles. The van der Waals surface area contributed by atoms with Gasteiger partial charge in [0.25, 0.3) is 0 Å². The lowest BCUT2D eigenvalue weighted by atomic mass is 9.97. The number of fused-ring (bicyclic) bond motifs is 1. The van der Waals surface area contributed by atoms with Crippen molar-refractivity contribution in [1.82, 2.24) is 14.9 Å². The first kappa shape index (κ1) is 21.4. The monoisotopic (exact) mass is 417 g/mol. The Labute approximate surface area is 174 Å². The topological polar surface area (TPSA) is 93.5 Å². The first-order chi connectivity index (χ1) is 14.1. The predicted octanol–water partition coefficient (Wildman–Crippen LogP) is 1.92. The van der Waals surface area contributed by atoms with Crippen molar-refractivity contribution in [2.75, 3.05) is 19.5 Å². The van der Waals surface area contributed by atoms with E-state index in [-0.39, 0.29) is 24.0 Å². The van der Waals surface area contributed by atoms with Gasteiger partial charge in [-0.15, -0.1) is 0 Å². The third kappa shape index (κ3) is 5.61. The fraction of sp³-hybridized carbons (Fsp3) is 0.476. The van der Waals surface area contributed by atoms with Crippen LogP contribution in [-0.4, -0.2) is 40.0 Å². The second kappa shape index (κ2) is 10.5. The lowest BCUT2D eigenvalue weighted by molar-refractivity contribution is -0.118. The van der Waals surface area contributed by atoms with Crippen LogP contribution in [0.1, 0.15) is 36.1 Å². The number of hydrogen-bond donors (Lipinski definition) is 2. The molecule has 7 nitrogen and oxygen atoms in total. The van der Waals surface area contributed by atoms with Crippen LogP contribution >= 0.6 is 11.8 Å². The van der Waals surface area contributed by atoms with E-state index in [1.807, 2.05) is 24.3 Å². The highest BCUT2D eigenvalue weighted by Gasteiger charge is 2.20. The predicted molar refractivity (Wildman–Crippen MR) is 112 cm³/mol. The summed E-state index contributed by atoms with van der Waals surface area (Å²) in [6.45, 7) is 0.951. The molecule has 0 spiro atoms. The summed E-state index contributed by atoms with van der Waals surface area (Å²) in [5.74, 6) is 0.862. The van der Waals surface area contributed by atoms with Crippen molar-refractivity contribution in [3.05, 3.63) is 51.6 Å². The molecule has 0 bridgehead atoms. The van der Waals surface area contributed by atoms with Crippen LogP contribution in [0.4, 0.5) is 0 Å². The number of rotatable bonds is 9. The van der Waals surface area contributed by atoms with Gasteiger partial charge in [0.15, 0.2) is 0 Å². The molecule has 1 heterocycles. The maximum Gasteiger partial charge on any atom is 0.348 e. The summed E-state index contributed by atoms with van der Waals surface area (Å²) in [6, 6.07) is 7.56. The maximum absolute atomic E-state index is 12.5. The first-order valence-corrected chi connectivity index (χ1v) is 10.9. The van der Waals surface area contributed by atoms with E-state index >= 15 is 0 Å². The van der Waals surface area contributed by atoms with Crippen LogP contribution in [0.25, 0.3) is 0 Å². The molecule has 0 fully saturated rings. The maximum atomic E-state index is 12.5. The van der Waals surface area contributed by atoms with Crippen molar-refractivity contribution in [1.29, 1.82) is 0 Å². The van der Waals surface area contributed by atoms with E-state index in [0.29, 0.717) is 24.5 Å². The van der Waals surface area contributed by atoms with Crippen molar-refractivity contribution in [3.8, 4) is 5.75 Å². The van der Waals surface area contributed by atoms with Gasteiger partial charge in [0, 0.05) is 31.0 Å². The molecule has 0 radical (unpaired) electrons. The Morgan fingerprint density at radius 3 is 2.97 bits per heavy atom. The third-order valence-electron chi connectivity index (χ3n) is 4.95. The summed E-state index contributed by atoms with van der Waals surface area (Å²) in [4.78, 5) is 29.0. The van der Waals surface area contributed by atoms with Gasteiger partial charge in [0.1, 0.15) is 10.8 Å². The molecular formula is C21H27N3O4S. The lowest BCUT2D eigenvalue weighted by Gasteiger charge is -2.22. The van der Waals surface area contributed by atoms with Gasteiger partial charge < -0.3 is 15.2 Å². The second-order valence-electron chi connectivity index (χ2n) is 6.98. The molecule has 1 aromatic carbocycles. The quantitative estimate of drug-likeness (QED) is 0.478. The van der Waals surface area contributed by atoms with Gasteiger partial charge in [0.05, 0.1) is 12.9 Å². The Balaban J connectivity index is 1.64. The molecule has 8 heteroatoms. The number of hydrogen-bond acceptors (Lipinski definition) is 6. The molecule has 0 saturated heterocycles. The van der Waals surface area contributed by atoms with E-state index < -0.39 is 0 Å². The first-order valence-electron chi connectivity index (χ1n) is 9.88. The summed E-state index contributed by atoms with van der Waals surface area (Å²) < 4.78 is 6.89. The van der Waals surface area contributed by atoms with E-state index in [9.17, 15) is 9.59 Å². The normalized spacial score (nSPS) is 13.0. The zero-order valence-corrected chi connectivity index (χ0v) is 17.5. The summed E-state index contributed by atoms with van der Waals surface area (Å²) in [6.07, 6.45) is 4.35. The smallest absolute Gasteiger partial charge is 0.348 e. The number of benzene rings is 1. The van der Waals surface area contributed by atoms with Gasteiger partial charge in [-0.2, -0.15) is 4.98 Å². The fourth-order valence-corrected chi connectivity index (χ4v) is 4.40. The number of aliphatic hydroxyl groups excluding tert-OH is 1. The third-order valence-corrected chi connectivity index (χ3v) is 5.97. The zero-order valence-electron chi connectivity index (χ0n) is 16.6. The summed E-state index contributed by atoms with van der Waals surface area (Å²) in [5, 5.41) is 12.7. The summed E-state index contributed by atoms with van der Waals surface area (Å²) >= 11 is 1.32. The molecule has 29 heavy (non-hydrogen) atoms. The highest BCUT2D eigenvalue weighted by molar-refractivity contribution is 7.99. The van der Waals surface area contributed by atoms with E-state index in [0.717, 1.165) is 48.3 Å². The minimum absolute atomic E-state index is 0.0468. The van der Waals surface area contributed by atoms with Gasteiger partial charge in [-0.25, -0.2) is 4.79 Å². The molecule has 2 N–H and O–H groups in total. The Morgan fingerprint density at radius 2 is 2.17 bits per heavy atom. The number of nitrogens with zero attached hydrogens (tertiary/aromatic N) is 2. The van der Waals surface area contributed by atoms with Gasteiger partial charge in [-0.1, -0.05) is 23.9 Å². The molecule has 156 valence electrons. The van der Waals surface area contributed by atoms with E-state index in [4.69, 9.17) is 9.84 Å². The number of aromatic nitrogens is 2. The molecule has 1 amide bonds. The number of carbonyl (C=O) groups excluding carboxylic acids is 1. The molecule has 0 atom stereocenters. The Bertz CT molecular complexity index is 913. The van der Waals surface area contributed by atoms with E-state index in [2.05, 4.69) is 10.3 Å². The zero-order chi connectivity index (χ0) is 20.6. The standard InChI is InChI=1S/C21H27N3O4S/c1-28-16-7-4-6-15(12-16)13-22-19(26)14-29-20-17-8-2-3-9-18(17)24(10-5-11-25)21(27)23-20/h4,6-7,12,25H,2-3,5,8-11,13-14H2,1H3,(H,22,26). The Morgan fingerprint density at radius 1 is 1.34 bits per heavy atom. The average molecular weight is 418 g/mol. The number of ether oxygens (including phenoxy) is 1. The largest absolute Gasteiger partial charge is 0.497 e. The van der Waals surface area contributed by atoms with Crippen molar-refractivity contribution in [2.45, 2.75) is 50.2 Å². The van der Waals surface area contributed by atoms with Gasteiger partial charge in [-0.3, -0.25) is 9.36 Å². The summed E-state index contributed by atoms with van der Waals surface area (Å²) in [7, 11) is 1.61. The highest BCUT2D eigenvalue weighted by Crippen LogP contribution is 2.28. The molecule has 1 aliphatic carbocycles. The second-order valence-corrected chi connectivity index (χ2v) is 7.94. The number of thioether (sulfide) groups is 1. The Kier molecular flexibility index (Phi) is 7.71. The molecule has 2 aromatic rings. The van der Waals surface area contributed by atoms with E-state index in [1.54, 1.807) is 11.7 Å². The van der Waals surface area contributed by atoms with Crippen LogP contribution in [0.15, 0.2) is 34.1 Å². The minimum Gasteiger partial charge on any atom is -0.497 e. The Hall–Kier alpha value is -2.32. The van der Waals surface area contributed by atoms with Gasteiger partial charge >= 0.3 is 5.69 Å². The van der Waals surface area contributed by atoms with Gasteiger partial charge in [0.2, 0.25) is 5.91 Å². The van der Waals surface area contributed by atoms with E-state index in [1.165, 1.54) is 11.8 Å². The fourth-order valence-electron chi connectivity index (χ4n) is 3.49. The van der Waals surface area contributed by atoms with Crippen LogP contribution in [0.3, 0.4) is 0 Å². The highest BCUT2D eigenvalue weighted by atomic mass is 32.2. The van der Waals surface area contributed by atoms with Crippen LogP contribution < -0.4 is 15.7 Å². The minimum atomic E-state index is -0.293. The van der Waals surface area contributed by atoms with Crippen molar-refractivity contribution in [2.24, 2.45) is 0 Å². The van der Waals surface area contributed by atoms with Gasteiger partial charge in [-0.05, 0) is 49.8 Å². The van der Waals surface area contributed by atoms with Crippen molar-refractivity contribution >= 4 is 17.7 Å². The number of carbonyl (C=O) groups is 1. The number of amides is 1. The molecule has 1 aliphatic rings. The van der Waals surface area contributed by atoms with Crippen LogP contribution in [0.2, 0.25) is 0 Å². The summed E-state index contributed by atoms with van der Waals surface area (Å²) in [5.41, 5.74) is 2.77. The average Bonchev–Trinajstić information content (AvgIpc) is 2.75. The molecule has 3 rings (SSSR count). The lowest BCUT2D eigenvalue weighted by Crippen LogP contribution is -2.31. The molecule has 0 unspecified atom stereocenters. The molecule has 0 aliphatic heterocycles. The number of nitrogens with one attached hydrogen (secondary N) is 1. The van der Waals surface area contributed by atoms with Crippen LogP contribution in [0.5, 0.6) is 5.75 Å². The van der Waals surface area contributed by atoms with Crippen LogP contribution in [0, 0.1) is 0 Å². The van der Waals surface area contributed by atoms with Crippen molar-refractivity contribution < 1.29 is 14.6 Å². The SMILES string of the molecule is COc1cccc(CNC(=O)CSc2nc(=O)n(CCCO)c3c2CCCC3)c1.